The molecule has 0 spiro atoms. The first kappa shape index (κ1) is 21.4. The van der Waals surface area contributed by atoms with Crippen molar-refractivity contribution in [3.05, 3.63) is 93.1 Å². The number of hydrogen-bond acceptors (Lipinski definition) is 3. The van der Waals surface area contributed by atoms with E-state index in [0.717, 1.165) is 4.88 Å². The van der Waals surface area contributed by atoms with Gasteiger partial charge >= 0.3 is 5.97 Å². The van der Waals surface area contributed by atoms with Crippen LogP contribution in [0.15, 0.2) is 54.6 Å². The zero-order valence-electron chi connectivity index (χ0n) is 16.3. The maximum absolute atomic E-state index is 14.5. The van der Waals surface area contributed by atoms with E-state index in [4.69, 9.17) is 16.3 Å². The second-order valence-corrected chi connectivity index (χ2v) is 8.49. The summed E-state index contributed by atoms with van der Waals surface area (Å²) in [7, 11) is 0. The molecule has 0 aliphatic heterocycles. The summed E-state index contributed by atoms with van der Waals surface area (Å²) < 4.78 is 47.9. The van der Waals surface area contributed by atoms with Gasteiger partial charge in [0.1, 0.15) is 17.5 Å². The summed E-state index contributed by atoms with van der Waals surface area (Å²) in [4.78, 5) is 12.9. The van der Waals surface area contributed by atoms with Crippen LogP contribution in [-0.2, 0) is 11.2 Å². The van der Waals surface area contributed by atoms with Gasteiger partial charge in [0.05, 0.1) is 12.2 Å². The highest BCUT2D eigenvalue weighted by Gasteiger charge is 2.17. The first-order valence-corrected chi connectivity index (χ1v) is 10.7. The van der Waals surface area contributed by atoms with Crippen molar-refractivity contribution in [1.29, 1.82) is 0 Å². The van der Waals surface area contributed by atoms with Crippen LogP contribution in [0.5, 0.6) is 0 Å². The number of rotatable bonds is 5. The standard InChI is InChI=1S/C24H16ClF3O2S/c1-2-30-24(29)20-10-14(3-5-22(20)28)18-4-6-21(27)19-12-17(31-23(18)19)9-13-7-15(25)11-16(26)8-13/h3-8,10-12H,2,9H2,1H3. The molecule has 0 atom stereocenters. The largest absolute Gasteiger partial charge is 0.462 e. The van der Waals surface area contributed by atoms with E-state index < -0.39 is 23.4 Å². The Morgan fingerprint density at radius 3 is 2.52 bits per heavy atom. The zero-order valence-corrected chi connectivity index (χ0v) is 17.9. The predicted octanol–water partition coefficient (Wildman–Crippen LogP) is 7.41. The van der Waals surface area contributed by atoms with Crippen LogP contribution in [-0.4, -0.2) is 12.6 Å². The summed E-state index contributed by atoms with van der Waals surface area (Å²) in [5.74, 6) is -2.27. The number of benzene rings is 3. The summed E-state index contributed by atoms with van der Waals surface area (Å²) in [5.41, 5.74) is 1.72. The molecule has 7 heteroatoms. The summed E-state index contributed by atoms with van der Waals surface area (Å²) in [5, 5.41) is 0.697. The van der Waals surface area contributed by atoms with Gasteiger partial charge in [-0.1, -0.05) is 23.7 Å². The van der Waals surface area contributed by atoms with Gasteiger partial charge in [-0.15, -0.1) is 11.3 Å². The summed E-state index contributed by atoms with van der Waals surface area (Å²) in [6.07, 6.45) is 0.382. The molecule has 0 fully saturated rings. The van der Waals surface area contributed by atoms with Crippen LogP contribution in [0.4, 0.5) is 13.2 Å². The molecule has 0 amide bonds. The number of thiophene rings is 1. The van der Waals surface area contributed by atoms with E-state index >= 15 is 0 Å². The van der Waals surface area contributed by atoms with Crippen molar-refractivity contribution in [2.24, 2.45) is 0 Å². The normalized spacial score (nSPS) is 11.1. The third-order valence-corrected chi connectivity index (χ3v) is 6.14. The molecule has 31 heavy (non-hydrogen) atoms. The summed E-state index contributed by atoms with van der Waals surface area (Å²) in [6, 6.07) is 13.1. The van der Waals surface area contributed by atoms with Gasteiger partial charge < -0.3 is 4.74 Å². The third-order valence-electron chi connectivity index (χ3n) is 4.75. The molecule has 0 saturated heterocycles. The summed E-state index contributed by atoms with van der Waals surface area (Å²) in [6.45, 7) is 1.77. The van der Waals surface area contributed by atoms with Crippen LogP contribution in [0.2, 0.25) is 5.02 Å². The van der Waals surface area contributed by atoms with E-state index in [1.165, 1.54) is 47.7 Å². The van der Waals surface area contributed by atoms with Crippen molar-refractivity contribution in [1.82, 2.24) is 0 Å². The van der Waals surface area contributed by atoms with Gasteiger partial charge in [0.2, 0.25) is 0 Å². The van der Waals surface area contributed by atoms with E-state index in [-0.39, 0.29) is 12.2 Å². The Morgan fingerprint density at radius 1 is 1.00 bits per heavy atom. The van der Waals surface area contributed by atoms with Crippen LogP contribution in [0.3, 0.4) is 0 Å². The topological polar surface area (TPSA) is 26.3 Å². The Hall–Kier alpha value is -2.83. The van der Waals surface area contributed by atoms with Crippen LogP contribution >= 0.6 is 22.9 Å². The first-order valence-electron chi connectivity index (χ1n) is 9.48. The molecule has 3 aromatic carbocycles. The van der Waals surface area contributed by atoms with E-state index in [9.17, 15) is 18.0 Å². The number of carbonyl (C=O) groups excluding carboxylic acids is 1. The molecule has 4 aromatic rings. The SMILES string of the molecule is CCOC(=O)c1cc(-c2ccc(F)c3cc(Cc4cc(F)cc(Cl)c4)sc23)ccc1F. The maximum Gasteiger partial charge on any atom is 0.341 e. The molecule has 1 heterocycles. The quantitative estimate of drug-likeness (QED) is 0.290. The van der Waals surface area contributed by atoms with Crippen LogP contribution in [0.25, 0.3) is 21.2 Å². The highest BCUT2D eigenvalue weighted by Crippen LogP contribution is 2.38. The van der Waals surface area contributed by atoms with Crippen LogP contribution < -0.4 is 0 Å². The number of carbonyl (C=O) groups is 1. The monoisotopic (exact) mass is 460 g/mol. The molecule has 1 aromatic heterocycles. The Bertz CT molecular complexity index is 1280. The molecule has 2 nitrogen and oxygen atoms in total. The lowest BCUT2D eigenvalue weighted by Gasteiger charge is -2.08. The number of halogens is 4. The van der Waals surface area contributed by atoms with Gasteiger partial charge in [-0.3, -0.25) is 0 Å². The average molecular weight is 461 g/mol. The van der Waals surface area contributed by atoms with Gasteiger partial charge in [0.25, 0.3) is 0 Å². The maximum atomic E-state index is 14.5. The van der Waals surface area contributed by atoms with Crippen molar-refractivity contribution >= 4 is 39.0 Å². The Labute approximate surface area is 185 Å². The molecule has 0 bridgehead atoms. The minimum absolute atomic E-state index is 0.127. The molecule has 158 valence electrons. The van der Waals surface area contributed by atoms with Crippen LogP contribution in [0.1, 0.15) is 27.7 Å². The number of fused-ring (bicyclic) bond motifs is 1. The molecule has 0 unspecified atom stereocenters. The lowest BCUT2D eigenvalue weighted by Crippen LogP contribution is -2.07. The highest BCUT2D eigenvalue weighted by molar-refractivity contribution is 7.19. The van der Waals surface area contributed by atoms with Gasteiger partial charge in [0.15, 0.2) is 0 Å². The van der Waals surface area contributed by atoms with E-state index in [1.807, 2.05) is 0 Å². The summed E-state index contributed by atoms with van der Waals surface area (Å²) >= 11 is 7.29. The lowest BCUT2D eigenvalue weighted by atomic mass is 10.0. The molecular formula is C24H16ClF3O2S. The average Bonchev–Trinajstić information content (AvgIpc) is 3.12. The molecule has 0 N–H and O–H groups in total. The van der Waals surface area contributed by atoms with Crippen molar-refractivity contribution in [3.8, 4) is 11.1 Å². The third kappa shape index (κ3) is 4.45. The highest BCUT2D eigenvalue weighted by atomic mass is 35.5. The smallest absolute Gasteiger partial charge is 0.341 e. The number of hydrogen-bond donors (Lipinski definition) is 0. The number of esters is 1. The molecule has 0 aliphatic carbocycles. The molecular weight excluding hydrogens is 445 g/mol. The minimum atomic E-state index is -0.755. The fraction of sp³-hybridized carbons (Fsp3) is 0.125. The zero-order chi connectivity index (χ0) is 22.1. The predicted molar refractivity (Wildman–Crippen MR) is 117 cm³/mol. The molecule has 4 rings (SSSR count). The fourth-order valence-electron chi connectivity index (χ4n) is 3.43. The van der Waals surface area contributed by atoms with Crippen molar-refractivity contribution in [2.75, 3.05) is 6.61 Å². The van der Waals surface area contributed by atoms with Gasteiger partial charge in [-0.2, -0.15) is 0 Å². The van der Waals surface area contributed by atoms with Gasteiger partial charge in [-0.25, -0.2) is 18.0 Å². The Kier molecular flexibility index (Phi) is 6.03. The van der Waals surface area contributed by atoms with E-state index in [2.05, 4.69) is 0 Å². The van der Waals surface area contributed by atoms with Crippen molar-refractivity contribution in [3.63, 3.8) is 0 Å². The van der Waals surface area contributed by atoms with Gasteiger partial charge in [-0.05, 0) is 66.1 Å². The minimum Gasteiger partial charge on any atom is -0.462 e. The number of ether oxygens (including phenoxy) is 1. The molecule has 0 radical (unpaired) electrons. The van der Waals surface area contributed by atoms with Crippen molar-refractivity contribution in [2.45, 2.75) is 13.3 Å². The Morgan fingerprint density at radius 2 is 1.77 bits per heavy atom. The lowest BCUT2D eigenvalue weighted by molar-refractivity contribution is 0.0521. The van der Waals surface area contributed by atoms with E-state index in [0.29, 0.717) is 38.2 Å². The molecule has 0 saturated carbocycles. The van der Waals surface area contributed by atoms with Crippen molar-refractivity contribution < 1.29 is 22.7 Å². The fourth-order valence-corrected chi connectivity index (χ4v) is 4.91. The second kappa shape index (κ2) is 8.73. The van der Waals surface area contributed by atoms with Crippen LogP contribution in [0, 0.1) is 17.5 Å². The van der Waals surface area contributed by atoms with Gasteiger partial charge in [0, 0.05) is 26.4 Å². The molecule has 0 aliphatic rings. The second-order valence-electron chi connectivity index (χ2n) is 6.92. The first-order chi connectivity index (χ1) is 14.9. The van der Waals surface area contributed by atoms with E-state index in [1.54, 1.807) is 25.1 Å². The Balaban J connectivity index is 1.79.